The Kier molecular flexibility index (Phi) is 5.58. The molecule has 7 heteroatoms. The average Bonchev–Trinajstić information content (AvgIpc) is 2.46. The van der Waals surface area contributed by atoms with Crippen LogP contribution in [0.4, 0.5) is 5.69 Å². The van der Waals surface area contributed by atoms with Crippen LogP contribution < -0.4 is 10.0 Å². The highest BCUT2D eigenvalue weighted by Crippen LogP contribution is 2.15. The number of hydrogen-bond donors (Lipinski definition) is 2. The molecule has 6 nitrogen and oxygen atoms in total. The minimum absolute atomic E-state index is 0.388. The molecule has 1 saturated heterocycles. The van der Waals surface area contributed by atoms with Gasteiger partial charge in [0.1, 0.15) is 0 Å². The summed E-state index contributed by atoms with van der Waals surface area (Å²) in [5, 5.41) is 3.31. The van der Waals surface area contributed by atoms with Crippen molar-refractivity contribution < 1.29 is 13.2 Å². The highest BCUT2D eigenvalue weighted by atomic mass is 32.2. The van der Waals surface area contributed by atoms with Gasteiger partial charge in [-0.15, -0.1) is 0 Å². The van der Waals surface area contributed by atoms with Crippen molar-refractivity contribution in [2.75, 3.05) is 31.0 Å². The number of anilines is 1. The third-order valence-corrected chi connectivity index (χ3v) is 4.74. The maximum Gasteiger partial charge on any atom is 0.301 e. The molecule has 1 aromatic carbocycles. The topological polar surface area (TPSA) is 70.7 Å². The van der Waals surface area contributed by atoms with Crippen LogP contribution in [0.25, 0.3) is 0 Å². The molecule has 0 saturated carbocycles. The number of ether oxygens (including phenoxy) is 1. The lowest BCUT2D eigenvalue weighted by Gasteiger charge is -2.26. The van der Waals surface area contributed by atoms with Crippen LogP contribution in [0, 0.1) is 0 Å². The Morgan fingerprint density at radius 2 is 2.00 bits per heavy atom. The van der Waals surface area contributed by atoms with E-state index in [4.69, 9.17) is 4.74 Å². The van der Waals surface area contributed by atoms with Gasteiger partial charge in [0.2, 0.25) is 0 Å². The molecule has 0 aliphatic carbocycles. The zero-order chi connectivity index (χ0) is 15.3. The molecule has 21 heavy (non-hydrogen) atoms. The quantitative estimate of drug-likeness (QED) is 0.827. The fourth-order valence-corrected chi connectivity index (χ4v) is 3.25. The Morgan fingerprint density at radius 3 is 2.67 bits per heavy atom. The first-order valence-corrected chi connectivity index (χ1v) is 8.59. The first-order chi connectivity index (χ1) is 9.97. The van der Waals surface area contributed by atoms with Crippen LogP contribution >= 0.6 is 0 Å². The van der Waals surface area contributed by atoms with Crippen LogP contribution in [-0.4, -0.2) is 45.1 Å². The fourth-order valence-electron chi connectivity index (χ4n) is 2.07. The van der Waals surface area contributed by atoms with E-state index in [1.54, 1.807) is 6.07 Å². The van der Waals surface area contributed by atoms with Crippen LogP contribution in [0.3, 0.4) is 0 Å². The van der Waals surface area contributed by atoms with Crippen molar-refractivity contribution in [1.29, 1.82) is 0 Å². The summed E-state index contributed by atoms with van der Waals surface area (Å²) in [6.45, 7) is 6.53. The summed E-state index contributed by atoms with van der Waals surface area (Å²) < 4.78 is 33.8. The van der Waals surface area contributed by atoms with Crippen LogP contribution in [0.5, 0.6) is 0 Å². The summed E-state index contributed by atoms with van der Waals surface area (Å²) in [5.41, 5.74) is 1.63. The van der Waals surface area contributed by atoms with Gasteiger partial charge in [0.25, 0.3) is 0 Å². The molecule has 2 rings (SSSR count). The fraction of sp³-hybridized carbons (Fsp3) is 0.571. The lowest BCUT2D eigenvalue weighted by atomic mass is 10.2. The van der Waals surface area contributed by atoms with Gasteiger partial charge in [-0.3, -0.25) is 4.72 Å². The smallest absolute Gasteiger partial charge is 0.301 e. The molecule has 0 amide bonds. The van der Waals surface area contributed by atoms with Crippen LogP contribution in [0.2, 0.25) is 0 Å². The van der Waals surface area contributed by atoms with E-state index in [1.807, 2.05) is 18.2 Å². The van der Waals surface area contributed by atoms with Crippen molar-refractivity contribution in [3.8, 4) is 0 Å². The van der Waals surface area contributed by atoms with Crippen LogP contribution in [0.15, 0.2) is 24.3 Å². The van der Waals surface area contributed by atoms with Gasteiger partial charge in [-0.2, -0.15) is 12.7 Å². The van der Waals surface area contributed by atoms with E-state index < -0.39 is 10.2 Å². The third-order valence-electron chi connectivity index (χ3n) is 3.20. The summed E-state index contributed by atoms with van der Waals surface area (Å²) in [7, 11) is -3.50. The summed E-state index contributed by atoms with van der Waals surface area (Å²) in [6, 6.07) is 7.83. The van der Waals surface area contributed by atoms with Crippen molar-refractivity contribution >= 4 is 15.9 Å². The molecule has 1 heterocycles. The number of nitrogens with zero attached hydrogens (tertiary/aromatic N) is 1. The van der Waals surface area contributed by atoms with Gasteiger partial charge in [0, 0.05) is 25.7 Å². The van der Waals surface area contributed by atoms with Gasteiger partial charge >= 0.3 is 10.2 Å². The second-order valence-corrected chi connectivity index (χ2v) is 7.03. The van der Waals surface area contributed by atoms with Gasteiger partial charge in [0.05, 0.1) is 18.9 Å². The largest absolute Gasteiger partial charge is 0.379 e. The predicted octanol–water partition coefficient (Wildman–Crippen LogP) is 1.17. The number of rotatable bonds is 6. The van der Waals surface area contributed by atoms with E-state index in [-0.39, 0.29) is 0 Å². The second kappa shape index (κ2) is 7.22. The normalized spacial score (nSPS) is 17.1. The molecule has 0 aromatic heterocycles. The summed E-state index contributed by atoms with van der Waals surface area (Å²) >= 11 is 0. The Hall–Kier alpha value is -1.15. The molecule has 2 N–H and O–H groups in total. The first-order valence-electron chi connectivity index (χ1n) is 7.15. The summed E-state index contributed by atoms with van der Waals surface area (Å²) in [4.78, 5) is 0. The maximum absolute atomic E-state index is 12.3. The lowest BCUT2D eigenvalue weighted by molar-refractivity contribution is 0.0733. The first kappa shape index (κ1) is 16.2. The van der Waals surface area contributed by atoms with Crippen LogP contribution in [0.1, 0.15) is 19.4 Å². The number of hydrogen-bond acceptors (Lipinski definition) is 4. The molecular weight excluding hydrogens is 290 g/mol. The molecule has 118 valence electrons. The molecule has 1 aliphatic heterocycles. The number of nitrogens with one attached hydrogen (secondary N) is 2. The predicted molar refractivity (Wildman–Crippen MR) is 83.4 cm³/mol. The van der Waals surface area contributed by atoms with E-state index in [2.05, 4.69) is 23.9 Å². The van der Waals surface area contributed by atoms with Gasteiger partial charge < -0.3 is 10.1 Å². The van der Waals surface area contributed by atoms with E-state index in [0.717, 1.165) is 5.56 Å². The van der Waals surface area contributed by atoms with Crippen molar-refractivity contribution in [2.45, 2.75) is 26.4 Å². The summed E-state index contributed by atoms with van der Waals surface area (Å²) in [5.74, 6) is 0. The Balaban J connectivity index is 2.02. The van der Waals surface area contributed by atoms with E-state index in [9.17, 15) is 8.42 Å². The zero-order valence-corrected chi connectivity index (χ0v) is 13.3. The summed E-state index contributed by atoms with van der Waals surface area (Å²) in [6.07, 6.45) is 0. The molecule has 1 aromatic rings. The van der Waals surface area contributed by atoms with E-state index in [1.165, 1.54) is 4.31 Å². The van der Waals surface area contributed by atoms with E-state index >= 15 is 0 Å². The minimum atomic E-state index is -3.50. The minimum Gasteiger partial charge on any atom is -0.379 e. The Labute approximate surface area is 126 Å². The molecule has 0 unspecified atom stereocenters. The third kappa shape index (κ3) is 4.96. The van der Waals surface area contributed by atoms with Gasteiger partial charge in [-0.1, -0.05) is 26.0 Å². The molecule has 0 spiro atoms. The maximum atomic E-state index is 12.3. The number of benzene rings is 1. The number of morpholine rings is 1. The SMILES string of the molecule is CC(C)NCc1cccc(NS(=O)(=O)N2CCOCC2)c1. The molecule has 1 fully saturated rings. The van der Waals surface area contributed by atoms with E-state index in [0.29, 0.717) is 44.6 Å². The van der Waals surface area contributed by atoms with Crippen molar-refractivity contribution in [3.05, 3.63) is 29.8 Å². The van der Waals surface area contributed by atoms with Gasteiger partial charge in [-0.05, 0) is 17.7 Å². The second-order valence-electron chi connectivity index (χ2n) is 5.35. The highest BCUT2D eigenvalue weighted by molar-refractivity contribution is 7.90. The molecular formula is C14H23N3O3S. The van der Waals surface area contributed by atoms with Gasteiger partial charge in [0.15, 0.2) is 0 Å². The van der Waals surface area contributed by atoms with Crippen molar-refractivity contribution in [3.63, 3.8) is 0 Å². The average molecular weight is 313 g/mol. The monoisotopic (exact) mass is 313 g/mol. The Bertz CT molecular complexity index is 554. The molecule has 0 atom stereocenters. The van der Waals surface area contributed by atoms with Crippen LogP contribution in [-0.2, 0) is 21.5 Å². The standard InChI is InChI=1S/C14H23N3O3S/c1-12(2)15-11-13-4-3-5-14(10-13)16-21(18,19)17-6-8-20-9-7-17/h3-5,10,12,15-16H,6-9,11H2,1-2H3. The molecule has 0 radical (unpaired) electrons. The highest BCUT2D eigenvalue weighted by Gasteiger charge is 2.24. The van der Waals surface area contributed by atoms with Crippen molar-refractivity contribution in [1.82, 2.24) is 9.62 Å². The molecule has 0 bridgehead atoms. The zero-order valence-electron chi connectivity index (χ0n) is 12.5. The lowest BCUT2D eigenvalue weighted by Crippen LogP contribution is -2.43. The van der Waals surface area contributed by atoms with Gasteiger partial charge in [-0.25, -0.2) is 0 Å². The Morgan fingerprint density at radius 1 is 1.29 bits per heavy atom. The van der Waals surface area contributed by atoms with Crippen molar-refractivity contribution in [2.24, 2.45) is 0 Å². The molecule has 1 aliphatic rings.